The van der Waals surface area contributed by atoms with Gasteiger partial charge in [-0.2, -0.15) is 0 Å². The zero-order chi connectivity index (χ0) is 10.7. The molecule has 82 valence electrons. The zero-order valence-corrected chi connectivity index (χ0v) is 9.10. The van der Waals surface area contributed by atoms with Crippen LogP contribution in [0.25, 0.3) is 0 Å². The highest BCUT2D eigenvalue weighted by atomic mass is 16.5. The molecule has 2 rings (SSSR count). The number of benzene rings is 1. The van der Waals surface area contributed by atoms with Gasteiger partial charge in [-0.15, -0.1) is 0 Å². The van der Waals surface area contributed by atoms with Gasteiger partial charge in [-0.05, 0) is 24.3 Å². The Morgan fingerprint density at radius 3 is 2.60 bits per heavy atom. The van der Waals surface area contributed by atoms with E-state index >= 15 is 0 Å². The number of hydrogen-bond acceptors (Lipinski definition) is 2. The summed E-state index contributed by atoms with van der Waals surface area (Å²) in [4.78, 5) is 0. The molecule has 1 fully saturated rings. The quantitative estimate of drug-likeness (QED) is 0.822. The second-order valence-corrected chi connectivity index (χ2v) is 4.43. The van der Waals surface area contributed by atoms with Gasteiger partial charge in [-0.1, -0.05) is 37.3 Å². The topological polar surface area (TPSA) is 29.5 Å². The summed E-state index contributed by atoms with van der Waals surface area (Å²) in [6, 6.07) is 10.2. The molecule has 0 bridgehead atoms. The number of rotatable bonds is 3. The Morgan fingerprint density at radius 2 is 2.00 bits per heavy atom. The van der Waals surface area contributed by atoms with Crippen LogP contribution in [0.5, 0.6) is 0 Å². The Bertz CT molecular complexity index is 287. The molecular formula is C13H18O2. The first-order valence-corrected chi connectivity index (χ1v) is 5.59. The van der Waals surface area contributed by atoms with Crippen molar-refractivity contribution >= 4 is 0 Å². The highest BCUT2D eigenvalue weighted by molar-refractivity contribution is 5.13. The molecule has 1 aliphatic carbocycles. The molecule has 0 radical (unpaired) electrons. The van der Waals surface area contributed by atoms with Crippen LogP contribution >= 0.6 is 0 Å². The average Bonchev–Trinajstić information content (AvgIpc) is 2.57. The van der Waals surface area contributed by atoms with Crippen molar-refractivity contribution in [3.63, 3.8) is 0 Å². The fraction of sp³-hybridized carbons (Fsp3) is 0.538. The normalized spacial score (nSPS) is 30.7. The molecule has 0 aliphatic heterocycles. The van der Waals surface area contributed by atoms with E-state index in [0.29, 0.717) is 12.5 Å². The van der Waals surface area contributed by atoms with Crippen molar-refractivity contribution in [3.05, 3.63) is 35.9 Å². The standard InChI is InChI=1S/C13H18O2/c1-10-7-12(8-13(10)14)15-9-11-5-3-2-4-6-11/h2-6,10,12-14H,7-9H2,1H3/t10-,12-,13+/m1/s1. The first-order valence-electron chi connectivity index (χ1n) is 5.59. The monoisotopic (exact) mass is 206 g/mol. The molecule has 0 amide bonds. The molecular weight excluding hydrogens is 188 g/mol. The van der Waals surface area contributed by atoms with Gasteiger partial charge in [0.25, 0.3) is 0 Å². The molecule has 1 saturated carbocycles. The van der Waals surface area contributed by atoms with Crippen LogP contribution in [0.15, 0.2) is 30.3 Å². The van der Waals surface area contributed by atoms with Crippen molar-refractivity contribution in [2.45, 2.75) is 38.6 Å². The molecule has 1 aromatic carbocycles. The molecule has 0 heterocycles. The fourth-order valence-electron chi connectivity index (χ4n) is 2.09. The summed E-state index contributed by atoms with van der Waals surface area (Å²) in [5.74, 6) is 0.380. The lowest BCUT2D eigenvalue weighted by molar-refractivity contribution is 0.0357. The van der Waals surface area contributed by atoms with E-state index in [1.165, 1.54) is 5.56 Å². The molecule has 0 aromatic heterocycles. The maximum Gasteiger partial charge on any atom is 0.0720 e. The lowest BCUT2D eigenvalue weighted by Crippen LogP contribution is -2.10. The predicted molar refractivity (Wildman–Crippen MR) is 59.4 cm³/mol. The number of ether oxygens (including phenoxy) is 1. The lowest BCUT2D eigenvalue weighted by atomic mass is 10.1. The summed E-state index contributed by atoms with van der Waals surface area (Å²) < 4.78 is 5.77. The van der Waals surface area contributed by atoms with E-state index in [9.17, 15) is 5.11 Å². The summed E-state index contributed by atoms with van der Waals surface area (Å²) in [6.07, 6.45) is 1.82. The summed E-state index contributed by atoms with van der Waals surface area (Å²) >= 11 is 0. The maximum atomic E-state index is 9.59. The maximum absolute atomic E-state index is 9.59. The Hall–Kier alpha value is -0.860. The van der Waals surface area contributed by atoms with Crippen molar-refractivity contribution in [2.24, 2.45) is 5.92 Å². The molecule has 0 saturated heterocycles. The minimum absolute atomic E-state index is 0.175. The third-order valence-electron chi connectivity index (χ3n) is 3.12. The molecule has 3 atom stereocenters. The van der Waals surface area contributed by atoms with Gasteiger partial charge in [0.15, 0.2) is 0 Å². The second-order valence-electron chi connectivity index (χ2n) is 4.43. The van der Waals surface area contributed by atoms with Crippen LogP contribution in [0.3, 0.4) is 0 Å². The van der Waals surface area contributed by atoms with Gasteiger partial charge in [0.05, 0.1) is 18.8 Å². The van der Waals surface area contributed by atoms with E-state index in [1.54, 1.807) is 0 Å². The van der Waals surface area contributed by atoms with Gasteiger partial charge in [0.2, 0.25) is 0 Å². The SMILES string of the molecule is C[C@@H]1C[C@@H](OCc2ccccc2)C[C@@H]1O. The van der Waals surface area contributed by atoms with Crippen LogP contribution in [0.4, 0.5) is 0 Å². The van der Waals surface area contributed by atoms with Crippen molar-refractivity contribution in [3.8, 4) is 0 Å². The Balaban J connectivity index is 1.80. The summed E-state index contributed by atoms with van der Waals surface area (Å²) in [5, 5.41) is 9.59. The number of hydrogen-bond donors (Lipinski definition) is 1. The van der Waals surface area contributed by atoms with E-state index in [2.05, 4.69) is 19.1 Å². The highest BCUT2D eigenvalue weighted by Crippen LogP contribution is 2.28. The minimum atomic E-state index is -0.175. The van der Waals surface area contributed by atoms with Crippen molar-refractivity contribution in [1.29, 1.82) is 0 Å². The fourth-order valence-corrected chi connectivity index (χ4v) is 2.09. The molecule has 15 heavy (non-hydrogen) atoms. The Labute approximate surface area is 90.9 Å². The zero-order valence-electron chi connectivity index (χ0n) is 9.10. The van der Waals surface area contributed by atoms with E-state index < -0.39 is 0 Å². The first kappa shape index (κ1) is 10.7. The van der Waals surface area contributed by atoms with Crippen molar-refractivity contribution in [2.75, 3.05) is 0 Å². The Kier molecular flexibility index (Phi) is 3.39. The van der Waals surface area contributed by atoms with Crippen LogP contribution in [0.2, 0.25) is 0 Å². The number of aliphatic hydroxyl groups is 1. The van der Waals surface area contributed by atoms with Gasteiger partial charge in [-0.3, -0.25) is 0 Å². The second kappa shape index (κ2) is 4.77. The van der Waals surface area contributed by atoms with Crippen LogP contribution in [-0.2, 0) is 11.3 Å². The largest absolute Gasteiger partial charge is 0.393 e. The van der Waals surface area contributed by atoms with Crippen LogP contribution < -0.4 is 0 Å². The minimum Gasteiger partial charge on any atom is -0.393 e. The summed E-state index contributed by atoms with van der Waals surface area (Å²) in [7, 11) is 0. The molecule has 1 aromatic rings. The Morgan fingerprint density at radius 1 is 1.27 bits per heavy atom. The van der Waals surface area contributed by atoms with Crippen molar-refractivity contribution < 1.29 is 9.84 Å². The molecule has 1 N–H and O–H groups in total. The van der Waals surface area contributed by atoms with Crippen LogP contribution in [-0.4, -0.2) is 17.3 Å². The first-order chi connectivity index (χ1) is 7.25. The van der Waals surface area contributed by atoms with E-state index in [0.717, 1.165) is 12.8 Å². The predicted octanol–water partition coefficient (Wildman–Crippen LogP) is 2.36. The van der Waals surface area contributed by atoms with E-state index in [4.69, 9.17) is 4.74 Å². The summed E-state index contributed by atoms with van der Waals surface area (Å²) in [6.45, 7) is 2.74. The van der Waals surface area contributed by atoms with Gasteiger partial charge < -0.3 is 9.84 Å². The molecule has 2 heteroatoms. The summed E-state index contributed by atoms with van der Waals surface area (Å²) in [5.41, 5.74) is 1.20. The highest BCUT2D eigenvalue weighted by Gasteiger charge is 2.30. The van der Waals surface area contributed by atoms with Crippen molar-refractivity contribution in [1.82, 2.24) is 0 Å². The van der Waals surface area contributed by atoms with Gasteiger partial charge in [0, 0.05) is 0 Å². The smallest absolute Gasteiger partial charge is 0.0720 e. The average molecular weight is 206 g/mol. The number of aliphatic hydroxyl groups excluding tert-OH is 1. The molecule has 1 aliphatic rings. The van der Waals surface area contributed by atoms with Gasteiger partial charge in [0.1, 0.15) is 0 Å². The van der Waals surface area contributed by atoms with Crippen LogP contribution in [0, 0.1) is 5.92 Å². The molecule has 0 spiro atoms. The van der Waals surface area contributed by atoms with Gasteiger partial charge in [-0.25, -0.2) is 0 Å². The molecule has 2 nitrogen and oxygen atoms in total. The van der Waals surface area contributed by atoms with Gasteiger partial charge >= 0.3 is 0 Å². The lowest BCUT2D eigenvalue weighted by Gasteiger charge is -2.11. The van der Waals surface area contributed by atoms with E-state index in [-0.39, 0.29) is 12.2 Å². The molecule has 0 unspecified atom stereocenters. The third-order valence-corrected chi connectivity index (χ3v) is 3.12. The van der Waals surface area contributed by atoms with Crippen LogP contribution in [0.1, 0.15) is 25.3 Å². The third kappa shape index (κ3) is 2.80. The van der Waals surface area contributed by atoms with E-state index in [1.807, 2.05) is 18.2 Å².